The predicted octanol–water partition coefficient (Wildman–Crippen LogP) is 2.86. The maximum absolute atomic E-state index is 12.1. The molecule has 0 aliphatic heterocycles. The van der Waals surface area contributed by atoms with Gasteiger partial charge in [0.25, 0.3) is 5.91 Å². The van der Waals surface area contributed by atoms with Crippen molar-refractivity contribution in [1.29, 1.82) is 0 Å². The van der Waals surface area contributed by atoms with Gasteiger partial charge in [-0.3, -0.25) is 14.8 Å². The van der Waals surface area contributed by atoms with Gasteiger partial charge in [0.05, 0.1) is 12.2 Å². The average Bonchev–Trinajstić information content (AvgIpc) is 2.53. The Morgan fingerprint density at radius 1 is 1.18 bits per heavy atom. The van der Waals surface area contributed by atoms with Gasteiger partial charge in [-0.25, -0.2) is 0 Å². The first kappa shape index (κ1) is 15.9. The maximum Gasteiger partial charge on any atom is 0.270 e. The predicted molar refractivity (Wildman–Crippen MR) is 87.6 cm³/mol. The SMILES string of the molecule is CC(C)CCNc1ccnc(C(=O)NCc2ccccn2)c1. The van der Waals surface area contributed by atoms with Crippen LogP contribution in [0.1, 0.15) is 36.5 Å². The molecule has 0 aromatic carbocycles. The van der Waals surface area contributed by atoms with Crippen LogP contribution in [0.3, 0.4) is 0 Å². The van der Waals surface area contributed by atoms with Crippen LogP contribution < -0.4 is 10.6 Å². The average molecular weight is 298 g/mol. The highest BCUT2D eigenvalue weighted by atomic mass is 16.1. The Labute approximate surface area is 131 Å². The highest BCUT2D eigenvalue weighted by Gasteiger charge is 2.08. The number of hydrogen-bond donors (Lipinski definition) is 2. The number of nitrogens with zero attached hydrogens (tertiary/aromatic N) is 2. The van der Waals surface area contributed by atoms with E-state index in [2.05, 4.69) is 34.4 Å². The molecular weight excluding hydrogens is 276 g/mol. The third kappa shape index (κ3) is 5.16. The van der Waals surface area contributed by atoms with E-state index in [4.69, 9.17) is 0 Å². The number of hydrogen-bond acceptors (Lipinski definition) is 4. The second-order valence-corrected chi connectivity index (χ2v) is 5.54. The van der Waals surface area contributed by atoms with E-state index in [1.165, 1.54) is 0 Å². The Balaban J connectivity index is 1.89. The van der Waals surface area contributed by atoms with Crippen LogP contribution in [0.25, 0.3) is 0 Å². The number of nitrogens with one attached hydrogen (secondary N) is 2. The molecule has 0 bridgehead atoms. The minimum Gasteiger partial charge on any atom is -0.385 e. The zero-order valence-electron chi connectivity index (χ0n) is 13.0. The Hall–Kier alpha value is -2.43. The van der Waals surface area contributed by atoms with Crippen molar-refractivity contribution < 1.29 is 4.79 Å². The fourth-order valence-electron chi connectivity index (χ4n) is 1.93. The summed E-state index contributed by atoms with van der Waals surface area (Å²) in [5, 5.41) is 6.14. The molecule has 2 rings (SSSR count). The summed E-state index contributed by atoms with van der Waals surface area (Å²) in [6.45, 7) is 5.65. The van der Waals surface area contributed by atoms with Crippen molar-refractivity contribution in [1.82, 2.24) is 15.3 Å². The van der Waals surface area contributed by atoms with Crippen LogP contribution in [0.5, 0.6) is 0 Å². The summed E-state index contributed by atoms with van der Waals surface area (Å²) in [6.07, 6.45) is 4.44. The molecule has 2 aromatic rings. The van der Waals surface area contributed by atoms with E-state index in [0.717, 1.165) is 24.3 Å². The Morgan fingerprint density at radius 2 is 2.05 bits per heavy atom. The third-order valence-corrected chi connectivity index (χ3v) is 3.20. The molecule has 0 spiro atoms. The fourth-order valence-corrected chi connectivity index (χ4v) is 1.93. The van der Waals surface area contributed by atoms with Gasteiger partial charge in [0.15, 0.2) is 0 Å². The van der Waals surface area contributed by atoms with Crippen molar-refractivity contribution in [3.63, 3.8) is 0 Å². The zero-order valence-corrected chi connectivity index (χ0v) is 13.0. The lowest BCUT2D eigenvalue weighted by molar-refractivity contribution is 0.0945. The Kier molecular flexibility index (Phi) is 5.89. The van der Waals surface area contributed by atoms with Gasteiger partial charge in [-0.2, -0.15) is 0 Å². The van der Waals surface area contributed by atoms with Gasteiger partial charge < -0.3 is 10.6 Å². The van der Waals surface area contributed by atoms with Crippen molar-refractivity contribution in [3.05, 3.63) is 54.1 Å². The lowest BCUT2D eigenvalue weighted by atomic mass is 10.1. The molecule has 0 saturated carbocycles. The number of carbonyl (C=O) groups is 1. The molecule has 2 aromatic heterocycles. The number of amides is 1. The Bertz CT molecular complexity index is 599. The van der Waals surface area contributed by atoms with Crippen LogP contribution in [-0.4, -0.2) is 22.4 Å². The molecule has 5 nitrogen and oxygen atoms in total. The molecule has 2 heterocycles. The normalized spacial score (nSPS) is 10.5. The smallest absolute Gasteiger partial charge is 0.270 e. The highest BCUT2D eigenvalue weighted by Crippen LogP contribution is 2.09. The topological polar surface area (TPSA) is 66.9 Å². The van der Waals surface area contributed by atoms with Crippen LogP contribution >= 0.6 is 0 Å². The van der Waals surface area contributed by atoms with E-state index >= 15 is 0 Å². The molecule has 0 radical (unpaired) electrons. The summed E-state index contributed by atoms with van der Waals surface area (Å²) in [6, 6.07) is 9.26. The summed E-state index contributed by atoms with van der Waals surface area (Å²) >= 11 is 0. The van der Waals surface area contributed by atoms with Crippen molar-refractivity contribution in [2.45, 2.75) is 26.8 Å². The van der Waals surface area contributed by atoms with Crippen LogP contribution in [0.2, 0.25) is 0 Å². The Morgan fingerprint density at radius 3 is 2.77 bits per heavy atom. The molecular formula is C17H22N4O. The standard InChI is InChI=1S/C17H22N4O/c1-13(2)6-9-19-14-7-10-20-16(11-14)17(22)21-12-15-5-3-4-8-18-15/h3-5,7-8,10-11,13H,6,9,12H2,1-2H3,(H,19,20)(H,21,22). The molecule has 0 unspecified atom stereocenters. The minimum absolute atomic E-state index is 0.196. The molecule has 0 aliphatic rings. The minimum atomic E-state index is -0.196. The lowest BCUT2D eigenvalue weighted by Crippen LogP contribution is -2.24. The lowest BCUT2D eigenvalue weighted by Gasteiger charge is -2.09. The van der Waals surface area contributed by atoms with E-state index in [9.17, 15) is 4.79 Å². The third-order valence-electron chi connectivity index (χ3n) is 3.20. The van der Waals surface area contributed by atoms with Crippen LogP contribution in [0.15, 0.2) is 42.7 Å². The number of aromatic nitrogens is 2. The van der Waals surface area contributed by atoms with E-state index in [1.54, 1.807) is 18.5 Å². The van der Waals surface area contributed by atoms with E-state index in [1.807, 2.05) is 24.3 Å². The van der Waals surface area contributed by atoms with Gasteiger partial charge in [0.1, 0.15) is 5.69 Å². The van der Waals surface area contributed by atoms with E-state index in [-0.39, 0.29) is 5.91 Å². The van der Waals surface area contributed by atoms with Gasteiger partial charge in [0, 0.05) is 24.6 Å². The fraction of sp³-hybridized carbons (Fsp3) is 0.353. The van der Waals surface area contributed by atoms with Gasteiger partial charge in [-0.05, 0) is 36.6 Å². The van der Waals surface area contributed by atoms with Crippen LogP contribution in [-0.2, 0) is 6.54 Å². The van der Waals surface area contributed by atoms with E-state index < -0.39 is 0 Å². The highest BCUT2D eigenvalue weighted by molar-refractivity contribution is 5.93. The first-order valence-corrected chi connectivity index (χ1v) is 7.53. The van der Waals surface area contributed by atoms with Crippen molar-refractivity contribution in [2.24, 2.45) is 5.92 Å². The zero-order chi connectivity index (χ0) is 15.8. The second kappa shape index (κ2) is 8.12. The molecule has 0 saturated heterocycles. The number of carbonyl (C=O) groups excluding carboxylic acids is 1. The summed E-state index contributed by atoms with van der Waals surface area (Å²) in [7, 11) is 0. The van der Waals surface area contributed by atoms with Gasteiger partial charge in [-0.15, -0.1) is 0 Å². The van der Waals surface area contributed by atoms with Gasteiger partial charge in [0.2, 0.25) is 0 Å². The molecule has 1 amide bonds. The van der Waals surface area contributed by atoms with Gasteiger partial charge in [-0.1, -0.05) is 19.9 Å². The molecule has 0 fully saturated rings. The number of pyridine rings is 2. The molecule has 22 heavy (non-hydrogen) atoms. The summed E-state index contributed by atoms with van der Waals surface area (Å²) in [5.41, 5.74) is 2.14. The molecule has 2 N–H and O–H groups in total. The largest absolute Gasteiger partial charge is 0.385 e. The van der Waals surface area contributed by atoms with Crippen molar-refractivity contribution in [3.8, 4) is 0 Å². The van der Waals surface area contributed by atoms with Crippen molar-refractivity contribution >= 4 is 11.6 Å². The number of rotatable bonds is 7. The summed E-state index contributed by atoms with van der Waals surface area (Å²) < 4.78 is 0. The molecule has 5 heteroatoms. The maximum atomic E-state index is 12.1. The first-order chi connectivity index (χ1) is 10.6. The quantitative estimate of drug-likeness (QED) is 0.825. The molecule has 116 valence electrons. The van der Waals surface area contributed by atoms with Crippen LogP contribution in [0, 0.1) is 5.92 Å². The van der Waals surface area contributed by atoms with Gasteiger partial charge >= 0.3 is 0 Å². The summed E-state index contributed by atoms with van der Waals surface area (Å²) in [5.74, 6) is 0.452. The molecule has 0 atom stereocenters. The van der Waals surface area contributed by atoms with E-state index in [0.29, 0.717) is 18.2 Å². The monoisotopic (exact) mass is 298 g/mol. The molecule has 0 aliphatic carbocycles. The second-order valence-electron chi connectivity index (χ2n) is 5.54. The first-order valence-electron chi connectivity index (χ1n) is 7.53. The van der Waals surface area contributed by atoms with Crippen molar-refractivity contribution in [2.75, 3.05) is 11.9 Å². The number of anilines is 1. The summed E-state index contributed by atoms with van der Waals surface area (Å²) in [4.78, 5) is 20.4. The van der Waals surface area contributed by atoms with Crippen LogP contribution in [0.4, 0.5) is 5.69 Å².